The molecule has 1 aromatic heterocycles. The highest BCUT2D eigenvalue weighted by molar-refractivity contribution is 8.02. The number of carbonyl (C=O) groups excluding carboxylic acids is 1. The van der Waals surface area contributed by atoms with Crippen LogP contribution in [0.15, 0.2) is 28.6 Å². The van der Waals surface area contributed by atoms with E-state index in [2.05, 4.69) is 34.6 Å². The van der Waals surface area contributed by atoms with Crippen molar-refractivity contribution in [3.63, 3.8) is 0 Å². The minimum atomic E-state index is -0.352. The van der Waals surface area contributed by atoms with E-state index in [1.54, 1.807) is 6.92 Å². The second-order valence-electron chi connectivity index (χ2n) is 4.21. The summed E-state index contributed by atoms with van der Waals surface area (Å²) in [6, 6.07) is 8.18. The van der Waals surface area contributed by atoms with Gasteiger partial charge in [-0.15, -0.1) is 10.2 Å². The molecule has 0 fully saturated rings. The zero-order valence-corrected chi connectivity index (χ0v) is 12.9. The molecule has 7 heteroatoms. The number of rotatable bonds is 6. The molecule has 0 spiro atoms. The van der Waals surface area contributed by atoms with Crippen molar-refractivity contribution < 1.29 is 4.79 Å². The van der Waals surface area contributed by atoms with Crippen LogP contribution in [0.4, 0.5) is 10.8 Å². The van der Waals surface area contributed by atoms with Crippen LogP contribution in [0.3, 0.4) is 0 Å². The number of aromatic nitrogens is 2. The summed E-state index contributed by atoms with van der Waals surface area (Å²) in [6.07, 6.45) is 1.02. The van der Waals surface area contributed by atoms with E-state index >= 15 is 0 Å². The van der Waals surface area contributed by atoms with Crippen molar-refractivity contribution in [2.75, 3.05) is 5.32 Å². The number of carbonyl (C=O) groups is 1. The first kappa shape index (κ1) is 14.8. The predicted molar refractivity (Wildman–Crippen MR) is 83.5 cm³/mol. The third-order valence-corrected chi connectivity index (χ3v) is 4.74. The first-order chi connectivity index (χ1) is 9.58. The zero-order valence-electron chi connectivity index (χ0n) is 11.3. The molecule has 1 aromatic carbocycles. The molecular weight excluding hydrogens is 292 g/mol. The fourth-order valence-corrected chi connectivity index (χ4v) is 3.33. The van der Waals surface area contributed by atoms with Gasteiger partial charge in [0.15, 0.2) is 4.34 Å². The van der Waals surface area contributed by atoms with Crippen molar-refractivity contribution in [2.24, 2.45) is 5.73 Å². The molecule has 2 rings (SSSR count). The largest absolute Gasteiger partial charge is 0.369 e. The number of nitrogens with two attached hydrogens (primary N) is 1. The number of benzene rings is 1. The Hall–Kier alpha value is -1.60. The van der Waals surface area contributed by atoms with E-state index < -0.39 is 0 Å². The lowest BCUT2D eigenvalue weighted by molar-refractivity contribution is -0.117. The Labute approximate surface area is 126 Å². The molecule has 1 heterocycles. The summed E-state index contributed by atoms with van der Waals surface area (Å²) in [4.78, 5) is 11.0. The van der Waals surface area contributed by atoms with E-state index in [-0.39, 0.29) is 11.2 Å². The van der Waals surface area contributed by atoms with Crippen molar-refractivity contribution in [3.05, 3.63) is 29.8 Å². The average molecular weight is 308 g/mol. The SMILES string of the molecule is CCc1ccc(Nc2nnc(S[C@@H](C)C(N)=O)s2)cc1. The monoisotopic (exact) mass is 308 g/mol. The maximum atomic E-state index is 11.0. The molecule has 0 aliphatic heterocycles. The molecule has 0 saturated carbocycles. The number of aryl methyl sites for hydroxylation is 1. The van der Waals surface area contributed by atoms with Crippen LogP contribution in [0, 0.1) is 0 Å². The van der Waals surface area contributed by atoms with Crippen molar-refractivity contribution >= 4 is 39.8 Å². The molecular formula is C13H16N4OS2. The second-order valence-corrected chi connectivity index (χ2v) is 6.78. The summed E-state index contributed by atoms with van der Waals surface area (Å²) in [7, 11) is 0. The molecule has 106 valence electrons. The summed E-state index contributed by atoms with van der Waals surface area (Å²) in [5.74, 6) is -0.352. The fourth-order valence-electron chi connectivity index (χ4n) is 1.46. The Morgan fingerprint density at radius 2 is 2.10 bits per heavy atom. The number of nitrogens with zero attached hydrogens (tertiary/aromatic N) is 2. The molecule has 0 unspecified atom stereocenters. The molecule has 0 saturated heterocycles. The van der Waals surface area contributed by atoms with E-state index in [1.807, 2.05) is 12.1 Å². The van der Waals surface area contributed by atoms with Gasteiger partial charge in [-0.2, -0.15) is 0 Å². The van der Waals surface area contributed by atoms with Gasteiger partial charge in [0, 0.05) is 5.69 Å². The van der Waals surface area contributed by atoms with E-state index in [1.165, 1.54) is 28.7 Å². The maximum Gasteiger partial charge on any atom is 0.230 e. The molecule has 3 N–H and O–H groups in total. The molecule has 0 aliphatic rings. The Bertz CT molecular complexity index is 582. The Morgan fingerprint density at radius 1 is 1.40 bits per heavy atom. The number of hydrogen-bond acceptors (Lipinski definition) is 6. The summed E-state index contributed by atoms with van der Waals surface area (Å²) in [6.45, 7) is 3.88. The maximum absolute atomic E-state index is 11.0. The number of amides is 1. The normalized spacial score (nSPS) is 12.1. The van der Waals surface area contributed by atoms with Crippen LogP contribution in [0.5, 0.6) is 0 Å². The first-order valence-corrected chi connectivity index (χ1v) is 7.93. The van der Waals surface area contributed by atoms with E-state index in [0.717, 1.165) is 16.4 Å². The lowest BCUT2D eigenvalue weighted by atomic mass is 10.1. The topological polar surface area (TPSA) is 80.9 Å². The lowest BCUT2D eigenvalue weighted by Gasteiger charge is -2.03. The first-order valence-electron chi connectivity index (χ1n) is 6.24. The van der Waals surface area contributed by atoms with Crippen LogP contribution in [0.25, 0.3) is 0 Å². The molecule has 0 bridgehead atoms. The third kappa shape index (κ3) is 3.94. The van der Waals surface area contributed by atoms with Crippen molar-refractivity contribution in [3.8, 4) is 0 Å². The van der Waals surface area contributed by atoms with E-state index in [9.17, 15) is 4.79 Å². The Morgan fingerprint density at radius 3 is 2.70 bits per heavy atom. The standard InChI is InChI=1S/C13H16N4OS2/c1-3-9-4-6-10(7-5-9)15-12-16-17-13(20-12)19-8(2)11(14)18/h4-8H,3H2,1-2H3,(H2,14,18)(H,15,16)/t8-/m0/s1. The molecule has 2 aromatic rings. The lowest BCUT2D eigenvalue weighted by Crippen LogP contribution is -2.22. The van der Waals surface area contributed by atoms with Crippen molar-refractivity contribution in [1.82, 2.24) is 10.2 Å². The summed E-state index contributed by atoms with van der Waals surface area (Å²) in [5, 5.41) is 11.7. The molecule has 1 amide bonds. The number of nitrogens with one attached hydrogen (secondary N) is 1. The Balaban J connectivity index is 1.99. The minimum absolute atomic E-state index is 0.306. The van der Waals surface area contributed by atoms with Gasteiger partial charge in [-0.05, 0) is 31.0 Å². The van der Waals surface area contributed by atoms with E-state index in [4.69, 9.17) is 5.73 Å². The van der Waals surface area contributed by atoms with Crippen LogP contribution in [0.1, 0.15) is 19.4 Å². The van der Waals surface area contributed by atoms with Crippen molar-refractivity contribution in [2.45, 2.75) is 29.9 Å². The smallest absolute Gasteiger partial charge is 0.230 e. The van der Waals surface area contributed by atoms with Crippen LogP contribution in [-0.2, 0) is 11.2 Å². The summed E-state index contributed by atoms with van der Waals surface area (Å²) < 4.78 is 0.726. The van der Waals surface area contributed by atoms with Crippen LogP contribution in [-0.4, -0.2) is 21.4 Å². The number of primary amides is 1. The van der Waals surface area contributed by atoms with E-state index in [0.29, 0.717) is 5.13 Å². The van der Waals surface area contributed by atoms with Gasteiger partial charge in [-0.3, -0.25) is 4.79 Å². The highest BCUT2D eigenvalue weighted by Gasteiger charge is 2.14. The molecule has 1 atom stereocenters. The highest BCUT2D eigenvalue weighted by atomic mass is 32.2. The quantitative estimate of drug-likeness (QED) is 0.802. The van der Waals surface area contributed by atoms with Crippen LogP contribution >= 0.6 is 23.1 Å². The second kappa shape index (κ2) is 6.71. The average Bonchev–Trinajstić information content (AvgIpc) is 2.86. The van der Waals surface area contributed by atoms with Gasteiger partial charge in [0.05, 0.1) is 5.25 Å². The highest BCUT2D eigenvalue weighted by Crippen LogP contribution is 2.30. The van der Waals surface area contributed by atoms with Gasteiger partial charge < -0.3 is 11.1 Å². The fraction of sp³-hybridized carbons (Fsp3) is 0.308. The molecule has 20 heavy (non-hydrogen) atoms. The summed E-state index contributed by atoms with van der Waals surface area (Å²) in [5.41, 5.74) is 7.48. The van der Waals surface area contributed by atoms with Gasteiger partial charge in [0.25, 0.3) is 0 Å². The zero-order chi connectivity index (χ0) is 14.5. The van der Waals surface area contributed by atoms with Gasteiger partial charge >= 0.3 is 0 Å². The Kier molecular flexibility index (Phi) is 4.97. The molecule has 0 radical (unpaired) electrons. The van der Waals surface area contributed by atoms with Crippen LogP contribution < -0.4 is 11.1 Å². The minimum Gasteiger partial charge on any atom is -0.369 e. The van der Waals surface area contributed by atoms with Gasteiger partial charge in [-0.25, -0.2) is 0 Å². The van der Waals surface area contributed by atoms with Crippen molar-refractivity contribution in [1.29, 1.82) is 0 Å². The van der Waals surface area contributed by atoms with Gasteiger partial charge in [0.1, 0.15) is 0 Å². The predicted octanol–water partition coefficient (Wildman–Crippen LogP) is 2.81. The summed E-state index contributed by atoms with van der Waals surface area (Å²) >= 11 is 2.72. The molecule has 0 aliphatic carbocycles. The number of anilines is 2. The van der Waals surface area contributed by atoms with Crippen LogP contribution in [0.2, 0.25) is 0 Å². The number of hydrogen-bond donors (Lipinski definition) is 2. The third-order valence-electron chi connectivity index (χ3n) is 2.70. The van der Waals surface area contributed by atoms with Gasteiger partial charge in [-0.1, -0.05) is 42.2 Å². The van der Waals surface area contributed by atoms with Gasteiger partial charge in [0.2, 0.25) is 11.0 Å². The number of thioether (sulfide) groups is 1. The molecule has 5 nitrogen and oxygen atoms in total.